The first-order valence-corrected chi connectivity index (χ1v) is 8.07. The van der Waals surface area contributed by atoms with E-state index in [4.69, 9.17) is 16.3 Å². The summed E-state index contributed by atoms with van der Waals surface area (Å²) in [7, 11) is 0. The molecule has 1 aromatic heterocycles. The normalized spacial score (nSPS) is 23.2. The highest BCUT2D eigenvalue weighted by Gasteiger charge is 2.30. The number of ether oxygens (including phenoxy) is 1. The van der Waals surface area contributed by atoms with Gasteiger partial charge in [0.2, 0.25) is 11.2 Å². The molecule has 116 valence electrons. The van der Waals surface area contributed by atoms with Gasteiger partial charge < -0.3 is 9.64 Å². The maximum atomic E-state index is 6.00. The molecule has 2 saturated heterocycles. The predicted octanol–water partition coefficient (Wildman–Crippen LogP) is 1.99. The van der Waals surface area contributed by atoms with Crippen LogP contribution in [0.1, 0.15) is 33.1 Å². The first-order chi connectivity index (χ1) is 10.1. The topological polar surface area (TPSA) is 54.4 Å². The fourth-order valence-corrected chi connectivity index (χ4v) is 3.20. The Labute approximate surface area is 130 Å². The fraction of sp³-hybridized carbons (Fsp3) is 0.786. The van der Waals surface area contributed by atoms with Crippen LogP contribution in [0, 0.1) is 0 Å². The zero-order valence-electron chi connectivity index (χ0n) is 12.6. The average Bonchev–Trinajstić information content (AvgIpc) is 3.08. The van der Waals surface area contributed by atoms with Crippen LogP contribution in [0.15, 0.2) is 0 Å². The smallest absolute Gasteiger partial charge is 0.322 e. The average molecular weight is 312 g/mol. The Morgan fingerprint density at radius 2 is 1.90 bits per heavy atom. The molecule has 3 rings (SSSR count). The molecule has 0 radical (unpaired) electrons. The Morgan fingerprint density at radius 1 is 1.14 bits per heavy atom. The predicted molar refractivity (Wildman–Crippen MR) is 82.0 cm³/mol. The maximum Gasteiger partial charge on any atom is 0.322 e. The van der Waals surface area contributed by atoms with E-state index in [9.17, 15) is 0 Å². The van der Waals surface area contributed by atoms with Gasteiger partial charge in [-0.25, -0.2) is 0 Å². The largest absolute Gasteiger partial charge is 0.461 e. The van der Waals surface area contributed by atoms with E-state index in [1.807, 2.05) is 13.8 Å². The molecule has 2 aliphatic heterocycles. The number of anilines is 1. The molecular weight excluding hydrogens is 290 g/mol. The lowest BCUT2D eigenvalue weighted by Gasteiger charge is -2.23. The van der Waals surface area contributed by atoms with Gasteiger partial charge in [0.1, 0.15) is 0 Å². The third-order valence-electron chi connectivity index (χ3n) is 4.02. The van der Waals surface area contributed by atoms with E-state index >= 15 is 0 Å². The number of hydrogen-bond donors (Lipinski definition) is 0. The van der Waals surface area contributed by atoms with Crippen molar-refractivity contribution < 1.29 is 4.74 Å². The van der Waals surface area contributed by atoms with Gasteiger partial charge in [0.25, 0.3) is 0 Å². The van der Waals surface area contributed by atoms with Gasteiger partial charge in [-0.2, -0.15) is 15.0 Å². The second-order valence-corrected chi connectivity index (χ2v) is 6.32. The number of halogens is 1. The van der Waals surface area contributed by atoms with Crippen LogP contribution in [0.25, 0.3) is 0 Å². The molecule has 0 aromatic carbocycles. The third-order valence-corrected chi connectivity index (χ3v) is 4.19. The lowest BCUT2D eigenvalue weighted by atomic mass is 10.2. The third kappa shape index (κ3) is 3.55. The van der Waals surface area contributed by atoms with Gasteiger partial charge in [-0.3, -0.25) is 4.90 Å². The zero-order valence-corrected chi connectivity index (χ0v) is 13.4. The summed E-state index contributed by atoms with van der Waals surface area (Å²) in [6.45, 7) is 8.24. The van der Waals surface area contributed by atoms with Crippen molar-refractivity contribution in [2.24, 2.45) is 0 Å². The molecule has 1 aromatic rings. The van der Waals surface area contributed by atoms with Gasteiger partial charge in [0, 0.05) is 19.1 Å². The SMILES string of the molecule is CC(C)Oc1nc(Cl)nc(N2CCC(N3CCCC3)C2)n1. The summed E-state index contributed by atoms with van der Waals surface area (Å²) in [6.07, 6.45) is 3.82. The minimum Gasteiger partial charge on any atom is -0.461 e. The van der Waals surface area contributed by atoms with E-state index in [-0.39, 0.29) is 11.4 Å². The Kier molecular flexibility index (Phi) is 4.45. The molecule has 0 spiro atoms. The maximum absolute atomic E-state index is 6.00. The minimum atomic E-state index is 0.0206. The fourth-order valence-electron chi connectivity index (χ4n) is 3.06. The van der Waals surface area contributed by atoms with E-state index in [0.717, 1.165) is 19.5 Å². The number of aromatic nitrogens is 3. The van der Waals surface area contributed by atoms with Gasteiger partial charge in [-0.15, -0.1) is 0 Å². The van der Waals surface area contributed by atoms with Crippen molar-refractivity contribution >= 4 is 17.5 Å². The van der Waals surface area contributed by atoms with Gasteiger partial charge in [0.15, 0.2) is 0 Å². The second-order valence-electron chi connectivity index (χ2n) is 5.99. The zero-order chi connectivity index (χ0) is 14.8. The van der Waals surface area contributed by atoms with Crippen LogP contribution in [0.2, 0.25) is 5.28 Å². The van der Waals surface area contributed by atoms with E-state index in [0.29, 0.717) is 18.0 Å². The van der Waals surface area contributed by atoms with E-state index < -0.39 is 0 Å². The molecule has 21 heavy (non-hydrogen) atoms. The van der Waals surface area contributed by atoms with Crippen molar-refractivity contribution in [1.29, 1.82) is 0 Å². The van der Waals surface area contributed by atoms with E-state index in [1.165, 1.54) is 25.9 Å². The molecule has 2 aliphatic rings. The summed E-state index contributed by atoms with van der Waals surface area (Å²) in [4.78, 5) is 17.4. The van der Waals surface area contributed by atoms with Crippen molar-refractivity contribution in [3.63, 3.8) is 0 Å². The van der Waals surface area contributed by atoms with Crippen LogP contribution in [-0.2, 0) is 0 Å². The highest BCUT2D eigenvalue weighted by atomic mass is 35.5. The summed E-state index contributed by atoms with van der Waals surface area (Å²) in [6, 6.07) is 0.919. The monoisotopic (exact) mass is 311 g/mol. The Morgan fingerprint density at radius 3 is 2.62 bits per heavy atom. The molecule has 0 amide bonds. The summed E-state index contributed by atoms with van der Waals surface area (Å²) in [5.74, 6) is 0.632. The minimum absolute atomic E-state index is 0.0206. The molecule has 7 heteroatoms. The molecule has 0 bridgehead atoms. The Balaban J connectivity index is 1.70. The molecule has 0 aliphatic carbocycles. The first kappa shape index (κ1) is 14.8. The van der Waals surface area contributed by atoms with Gasteiger partial charge in [0.05, 0.1) is 6.10 Å². The highest BCUT2D eigenvalue weighted by Crippen LogP contribution is 2.24. The highest BCUT2D eigenvalue weighted by molar-refractivity contribution is 6.28. The molecular formula is C14H22ClN5O. The van der Waals surface area contributed by atoms with Crippen molar-refractivity contribution in [2.45, 2.75) is 45.3 Å². The summed E-state index contributed by atoms with van der Waals surface area (Å²) in [5.41, 5.74) is 0. The van der Waals surface area contributed by atoms with E-state index in [2.05, 4.69) is 24.8 Å². The van der Waals surface area contributed by atoms with Gasteiger partial charge >= 0.3 is 6.01 Å². The lowest BCUT2D eigenvalue weighted by molar-refractivity contribution is 0.221. The van der Waals surface area contributed by atoms with Crippen molar-refractivity contribution in [2.75, 3.05) is 31.1 Å². The van der Waals surface area contributed by atoms with Crippen LogP contribution < -0.4 is 9.64 Å². The molecule has 0 N–H and O–H groups in total. The summed E-state index contributed by atoms with van der Waals surface area (Å²) >= 11 is 6.00. The molecule has 2 fully saturated rings. The molecule has 1 unspecified atom stereocenters. The van der Waals surface area contributed by atoms with Crippen LogP contribution in [0.3, 0.4) is 0 Å². The molecule has 3 heterocycles. The molecule has 0 saturated carbocycles. The van der Waals surface area contributed by atoms with Gasteiger partial charge in [-0.05, 0) is 57.8 Å². The summed E-state index contributed by atoms with van der Waals surface area (Å²) in [5, 5.41) is 0.195. The Hall–Kier alpha value is -1.14. The summed E-state index contributed by atoms with van der Waals surface area (Å²) < 4.78 is 5.54. The lowest BCUT2D eigenvalue weighted by Crippen LogP contribution is -2.35. The first-order valence-electron chi connectivity index (χ1n) is 7.69. The van der Waals surface area contributed by atoms with Crippen molar-refractivity contribution in [3.05, 3.63) is 5.28 Å². The van der Waals surface area contributed by atoms with Crippen LogP contribution in [0.5, 0.6) is 6.01 Å². The molecule has 1 atom stereocenters. The molecule has 6 nitrogen and oxygen atoms in total. The van der Waals surface area contributed by atoms with E-state index in [1.54, 1.807) is 0 Å². The number of rotatable bonds is 4. The van der Waals surface area contributed by atoms with Gasteiger partial charge in [-0.1, -0.05) is 0 Å². The van der Waals surface area contributed by atoms with Crippen LogP contribution >= 0.6 is 11.6 Å². The number of likely N-dealkylation sites (tertiary alicyclic amines) is 1. The quantitative estimate of drug-likeness (QED) is 0.847. The van der Waals surface area contributed by atoms with Crippen molar-refractivity contribution in [1.82, 2.24) is 19.9 Å². The van der Waals surface area contributed by atoms with Crippen LogP contribution in [-0.4, -0.2) is 58.2 Å². The number of nitrogens with zero attached hydrogens (tertiary/aromatic N) is 5. The Bertz CT molecular complexity index is 492. The standard InChI is InChI=1S/C14H22ClN5O/c1-10(2)21-14-17-12(15)16-13(18-14)20-8-5-11(9-20)19-6-3-4-7-19/h10-11H,3-9H2,1-2H3. The second kappa shape index (κ2) is 6.32. The van der Waals surface area contributed by atoms with Crippen LogP contribution in [0.4, 0.5) is 5.95 Å². The number of hydrogen-bond acceptors (Lipinski definition) is 6. The van der Waals surface area contributed by atoms with Crippen molar-refractivity contribution in [3.8, 4) is 6.01 Å².